The number of aliphatic hydroxyl groups excluding tert-OH is 2. The second-order valence-corrected chi connectivity index (χ2v) is 12.5. The first-order valence-electron chi connectivity index (χ1n) is 15.3. The lowest BCUT2D eigenvalue weighted by Gasteiger charge is -2.34. The number of carbonyl (C=O) groups excluding carboxylic acids is 2. The van der Waals surface area contributed by atoms with E-state index >= 15 is 0 Å². The first kappa shape index (κ1) is 38.3. The molecule has 244 valence electrons. The molecule has 0 saturated carbocycles. The van der Waals surface area contributed by atoms with Gasteiger partial charge in [-0.1, -0.05) is 83.1 Å². The summed E-state index contributed by atoms with van der Waals surface area (Å²) in [6, 6.07) is 0. The van der Waals surface area contributed by atoms with Gasteiger partial charge in [-0.3, -0.25) is 4.79 Å². The summed E-state index contributed by atoms with van der Waals surface area (Å²) in [4.78, 5) is 26.9. The zero-order valence-corrected chi connectivity index (χ0v) is 28.1. The van der Waals surface area contributed by atoms with Crippen molar-refractivity contribution in [3.63, 3.8) is 0 Å². The van der Waals surface area contributed by atoms with Gasteiger partial charge in [-0.05, 0) is 45.1 Å². The van der Waals surface area contributed by atoms with Crippen LogP contribution in [0.2, 0.25) is 0 Å². The molecule has 2 unspecified atom stereocenters. The highest BCUT2D eigenvalue weighted by Gasteiger charge is 2.40. The predicted octanol–water partition coefficient (Wildman–Crippen LogP) is 5.95. The zero-order chi connectivity index (χ0) is 33.0. The first-order chi connectivity index (χ1) is 20.1. The first-order valence-corrected chi connectivity index (χ1v) is 15.3. The molecular weight excluding hydrogens is 548 g/mol. The van der Waals surface area contributed by atoms with Crippen molar-refractivity contribution in [3.05, 3.63) is 59.9 Å². The minimum atomic E-state index is -1.13. The van der Waals surface area contributed by atoms with Crippen LogP contribution >= 0.6 is 0 Å². The summed E-state index contributed by atoms with van der Waals surface area (Å²) in [5.41, 5.74) is 1.77. The lowest BCUT2D eigenvalue weighted by molar-refractivity contribution is -0.173. The molecule has 0 aromatic rings. The second-order valence-electron chi connectivity index (χ2n) is 12.5. The van der Waals surface area contributed by atoms with Gasteiger partial charge >= 0.3 is 11.9 Å². The van der Waals surface area contributed by atoms with Crippen LogP contribution in [0, 0.1) is 35.5 Å². The van der Waals surface area contributed by atoms with Crippen molar-refractivity contribution < 1.29 is 38.7 Å². The van der Waals surface area contributed by atoms with Crippen LogP contribution in [0.1, 0.15) is 68.7 Å². The van der Waals surface area contributed by atoms with Crippen LogP contribution in [-0.2, 0) is 28.5 Å². The number of ether oxygens (including phenoxy) is 4. The van der Waals surface area contributed by atoms with Crippen molar-refractivity contribution in [2.45, 2.75) is 99.3 Å². The highest BCUT2D eigenvalue weighted by molar-refractivity contribution is 5.87. The maximum Gasteiger partial charge on any atom is 0.373 e. The molecule has 0 saturated heterocycles. The second kappa shape index (κ2) is 18.2. The maximum absolute atomic E-state index is 13.5. The molecule has 0 aromatic heterocycles. The van der Waals surface area contributed by atoms with E-state index in [0.717, 1.165) is 5.57 Å². The third-order valence-corrected chi connectivity index (χ3v) is 8.33. The molecule has 0 bridgehead atoms. The van der Waals surface area contributed by atoms with Gasteiger partial charge in [-0.2, -0.15) is 0 Å². The van der Waals surface area contributed by atoms with Crippen LogP contribution in [0.15, 0.2) is 59.9 Å². The smallest absolute Gasteiger partial charge is 0.373 e. The minimum absolute atomic E-state index is 0.0194. The molecule has 0 aromatic carbocycles. The maximum atomic E-state index is 13.5. The number of rotatable bonds is 8. The fourth-order valence-corrected chi connectivity index (χ4v) is 5.55. The standard InChI is InChI=1S/C35H56O8/c1-13-23(6)32(20(2)3)42-34(38)27(10)33-26(9)31(37)28(40-11)16-14-15-21(4)17-24(7)30(36)25(8)18-22(5)19-29(41-12)35(39)43-33/h13-16,18-20,23-28,30-33,36-37H,1,17H2,2-12H3/b16-14+,21-15+,22-18+,29-19-/t23-,24?,25+,26+,27-,28-,30-,31+,32+,33?/m0/s1. The topological polar surface area (TPSA) is 112 Å². The van der Waals surface area contributed by atoms with Crippen molar-refractivity contribution in [2.75, 3.05) is 14.2 Å². The van der Waals surface area contributed by atoms with Crippen molar-refractivity contribution >= 4 is 11.9 Å². The molecule has 0 fully saturated rings. The average Bonchev–Trinajstić information content (AvgIpc) is 2.96. The quantitative estimate of drug-likeness (QED) is 0.258. The van der Waals surface area contributed by atoms with Gasteiger partial charge < -0.3 is 29.2 Å². The number of hydrogen-bond acceptors (Lipinski definition) is 8. The number of allylic oxidation sites excluding steroid dienone is 5. The Balaban J connectivity index is 3.64. The molecule has 0 spiro atoms. The summed E-state index contributed by atoms with van der Waals surface area (Å²) >= 11 is 0. The lowest BCUT2D eigenvalue weighted by atomic mass is 9.86. The van der Waals surface area contributed by atoms with Gasteiger partial charge in [0.1, 0.15) is 18.3 Å². The van der Waals surface area contributed by atoms with E-state index in [0.29, 0.717) is 12.0 Å². The van der Waals surface area contributed by atoms with Crippen LogP contribution in [0.25, 0.3) is 0 Å². The fraction of sp³-hybridized carbons (Fsp3) is 0.657. The minimum Gasteiger partial charge on any atom is -0.490 e. The number of esters is 2. The Hall–Kier alpha value is -2.68. The molecule has 8 heteroatoms. The van der Waals surface area contributed by atoms with Gasteiger partial charge in [0, 0.05) is 24.9 Å². The number of methoxy groups -OCH3 is 2. The van der Waals surface area contributed by atoms with E-state index in [9.17, 15) is 19.8 Å². The van der Waals surface area contributed by atoms with E-state index in [1.807, 2.05) is 66.7 Å². The van der Waals surface area contributed by atoms with Gasteiger partial charge in [-0.25, -0.2) is 4.79 Å². The molecule has 1 aliphatic heterocycles. The van der Waals surface area contributed by atoms with Gasteiger partial charge in [0.15, 0.2) is 0 Å². The molecule has 1 rings (SSSR count). The molecule has 10 atom stereocenters. The van der Waals surface area contributed by atoms with Crippen LogP contribution < -0.4 is 0 Å². The Bertz CT molecular complexity index is 1040. The molecule has 1 aliphatic rings. The SMILES string of the molecule is C=C[C@H](C)[C@H](OC(=O)[C@@H](C)C1OC(=O)/C(OC)=C/C(C)=C/[C@@H](C)[C@@H](O)C(C)C/C(C)=C/C=C/[C@H](OC)[C@H](O)[C@H]1C)C(C)C. The fourth-order valence-electron chi connectivity index (χ4n) is 5.55. The molecule has 8 nitrogen and oxygen atoms in total. The zero-order valence-electron chi connectivity index (χ0n) is 28.1. The summed E-state index contributed by atoms with van der Waals surface area (Å²) in [7, 11) is 2.85. The van der Waals surface area contributed by atoms with E-state index in [1.165, 1.54) is 14.2 Å². The van der Waals surface area contributed by atoms with Gasteiger partial charge in [0.25, 0.3) is 0 Å². The Morgan fingerprint density at radius 3 is 2.26 bits per heavy atom. The highest BCUT2D eigenvalue weighted by Crippen LogP contribution is 2.29. The van der Waals surface area contributed by atoms with Crippen LogP contribution in [0.5, 0.6) is 0 Å². The van der Waals surface area contributed by atoms with Gasteiger partial charge in [-0.15, -0.1) is 6.58 Å². The predicted molar refractivity (Wildman–Crippen MR) is 170 cm³/mol. The Morgan fingerprint density at radius 1 is 1.09 bits per heavy atom. The number of aliphatic hydroxyl groups is 2. The van der Waals surface area contributed by atoms with E-state index in [1.54, 1.807) is 32.1 Å². The van der Waals surface area contributed by atoms with Gasteiger partial charge in [0.2, 0.25) is 5.76 Å². The monoisotopic (exact) mass is 604 g/mol. The molecular formula is C35H56O8. The number of hydrogen-bond donors (Lipinski definition) is 2. The molecule has 0 aliphatic carbocycles. The number of carbonyl (C=O) groups is 2. The normalized spacial score (nSPS) is 34.8. The summed E-state index contributed by atoms with van der Waals surface area (Å²) in [5, 5.41) is 22.4. The van der Waals surface area contributed by atoms with Crippen molar-refractivity contribution in [2.24, 2.45) is 35.5 Å². The number of cyclic esters (lactones) is 1. The van der Waals surface area contributed by atoms with E-state index in [2.05, 4.69) is 6.58 Å². The molecule has 1 heterocycles. The van der Waals surface area contributed by atoms with Gasteiger partial charge in [0.05, 0.1) is 25.2 Å². The summed E-state index contributed by atoms with van der Waals surface area (Å²) in [6.45, 7) is 20.7. The van der Waals surface area contributed by atoms with Crippen LogP contribution in [-0.4, -0.2) is 66.9 Å². The molecule has 43 heavy (non-hydrogen) atoms. The van der Waals surface area contributed by atoms with Crippen LogP contribution in [0.4, 0.5) is 0 Å². The third-order valence-electron chi connectivity index (χ3n) is 8.33. The van der Waals surface area contributed by atoms with Crippen LogP contribution in [0.3, 0.4) is 0 Å². The Morgan fingerprint density at radius 2 is 1.72 bits per heavy atom. The average molecular weight is 605 g/mol. The van der Waals surface area contributed by atoms with Crippen molar-refractivity contribution in [1.29, 1.82) is 0 Å². The molecule has 2 N–H and O–H groups in total. The highest BCUT2D eigenvalue weighted by atomic mass is 16.6. The van der Waals surface area contributed by atoms with E-state index in [-0.39, 0.29) is 29.4 Å². The lowest BCUT2D eigenvalue weighted by Crippen LogP contribution is -2.46. The van der Waals surface area contributed by atoms with Crippen molar-refractivity contribution in [3.8, 4) is 0 Å². The third kappa shape index (κ3) is 11.4. The summed E-state index contributed by atoms with van der Waals surface area (Å²) < 4.78 is 22.8. The molecule has 0 amide bonds. The molecule has 0 radical (unpaired) electrons. The largest absolute Gasteiger partial charge is 0.490 e. The summed E-state index contributed by atoms with van der Waals surface area (Å²) in [5.74, 6) is -3.33. The summed E-state index contributed by atoms with van der Waals surface area (Å²) in [6.07, 6.45) is 7.32. The van der Waals surface area contributed by atoms with E-state index < -0.39 is 54.3 Å². The van der Waals surface area contributed by atoms with Crippen molar-refractivity contribution in [1.82, 2.24) is 0 Å². The Kier molecular flexibility index (Phi) is 16.2. The van der Waals surface area contributed by atoms with E-state index in [4.69, 9.17) is 18.9 Å². The Labute approximate surface area is 259 Å².